The third-order valence-corrected chi connectivity index (χ3v) is 3.95. The Labute approximate surface area is 112 Å². The quantitative estimate of drug-likeness (QED) is 0.731. The summed E-state index contributed by atoms with van der Waals surface area (Å²) in [6.07, 6.45) is 4.97. The van der Waals surface area contributed by atoms with Crippen molar-refractivity contribution in [2.24, 2.45) is 11.8 Å². The monoisotopic (exact) mass is 247 g/mol. The summed E-state index contributed by atoms with van der Waals surface area (Å²) in [6.45, 7) is 10.7. The predicted molar refractivity (Wildman–Crippen MR) is 76.9 cm³/mol. The van der Waals surface area contributed by atoms with E-state index in [1.807, 2.05) is 13.8 Å². The van der Waals surface area contributed by atoms with Gasteiger partial charge in [0.25, 0.3) is 0 Å². The summed E-state index contributed by atoms with van der Waals surface area (Å²) >= 11 is 0. The van der Waals surface area contributed by atoms with Gasteiger partial charge in [-0.05, 0) is 37.7 Å². The molecule has 0 heterocycles. The Morgan fingerprint density at radius 2 is 1.50 bits per heavy atom. The van der Waals surface area contributed by atoms with Crippen LogP contribution in [-0.2, 0) is 6.42 Å². The second-order valence-electron chi connectivity index (χ2n) is 5.96. The van der Waals surface area contributed by atoms with Gasteiger partial charge in [0.15, 0.2) is 0 Å². The first-order chi connectivity index (χ1) is 8.43. The zero-order valence-corrected chi connectivity index (χ0v) is 12.5. The van der Waals surface area contributed by atoms with Gasteiger partial charge in [-0.2, -0.15) is 0 Å². The zero-order valence-electron chi connectivity index (χ0n) is 12.5. The van der Waals surface area contributed by atoms with E-state index in [0.29, 0.717) is 5.92 Å². The van der Waals surface area contributed by atoms with Crippen LogP contribution in [0.3, 0.4) is 0 Å². The Morgan fingerprint density at radius 3 is 2.00 bits per heavy atom. The molecule has 0 amide bonds. The Balaban J connectivity index is 2.57. The normalized spacial score (nSPS) is 14.5. The number of aryl methyl sites for hydroxylation is 2. The van der Waals surface area contributed by atoms with Crippen molar-refractivity contribution in [3.05, 3.63) is 28.8 Å². The molecular formula is C17H27O-. The molecule has 2 atom stereocenters. The molecule has 102 valence electrons. The van der Waals surface area contributed by atoms with Crippen LogP contribution in [0.1, 0.15) is 56.7 Å². The van der Waals surface area contributed by atoms with E-state index in [0.717, 1.165) is 23.5 Å². The maximum Gasteiger partial charge on any atom is -0.0253 e. The van der Waals surface area contributed by atoms with Gasteiger partial charge in [0, 0.05) is 0 Å². The highest BCUT2D eigenvalue weighted by Crippen LogP contribution is 2.24. The number of hydrogen-bond donors (Lipinski definition) is 0. The van der Waals surface area contributed by atoms with Crippen LogP contribution in [0.4, 0.5) is 0 Å². The summed E-state index contributed by atoms with van der Waals surface area (Å²) in [5.41, 5.74) is 3.10. The lowest BCUT2D eigenvalue weighted by molar-refractivity contribution is -0.270. The molecule has 1 heteroatoms. The minimum absolute atomic E-state index is 0.200. The van der Waals surface area contributed by atoms with Crippen molar-refractivity contribution in [2.75, 3.05) is 0 Å². The summed E-state index contributed by atoms with van der Waals surface area (Å²) in [6, 6.07) is 4.13. The van der Waals surface area contributed by atoms with Crippen LogP contribution in [0.15, 0.2) is 12.1 Å². The first kappa shape index (κ1) is 15.1. The maximum absolute atomic E-state index is 11.7. The fraction of sp³-hybridized carbons (Fsp3) is 0.647. The fourth-order valence-electron chi connectivity index (χ4n) is 2.44. The van der Waals surface area contributed by atoms with E-state index in [4.69, 9.17) is 0 Å². The average molecular weight is 247 g/mol. The largest absolute Gasteiger partial charge is 0.872 e. The lowest BCUT2D eigenvalue weighted by Gasteiger charge is -2.19. The maximum atomic E-state index is 11.7. The summed E-state index contributed by atoms with van der Waals surface area (Å²) in [7, 11) is 0. The Bertz CT molecular complexity index is 358. The lowest BCUT2D eigenvalue weighted by atomic mass is 9.91. The number of benzene rings is 1. The molecule has 0 aliphatic heterocycles. The summed E-state index contributed by atoms with van der Waals surface area (Å²) < 4.78 is 0. The number of rotatable bonds is 6. The van der Waals surface area contributed by atoms with Gasteiger partial charge in [-0.1, -0.05) is 63.3 Å². The fourth-order valence-corrected chi connectivity index (χ4v) is 2.44. The third kappa shape index (κ3) is 4.36. The first-order valence-electron chi connectivity index (χ1n) is 7.21. The van der Waals surface area contributed by atoms with Gasteiger partial charge in [0.05, 0.1) is 0 Å². The van der Waals surface area contributed by atoms with Crippen LogP contribution in [0.5, 0.6) is 5.75 Å². The van der Waals surface area contributed by atoms with E-state index in [9.17, 15) is 5.11 Å². The van der Waals surface area contributed by atoms with E-state index >= 15 is 0 Å². The molecule has 0 aliphatic rings. The van der Waals surface area contributed by atoms with E-state index in [1.165, 1.54) is 24.8 Å². The standard InChI is InChI=1S/C17H28O/c1-6-12(2)7-8-13(3)9-16-10-14(4)17(18)15(5)11-16/h10-13,18H,6-9H2,1-5H3/p-1. The molecule has 1 nitrogen and oxygen atoms in total. The molecular weight excluding hydrogens is 220 g/mol. The van der Waals surface area contributed by atoms with Gasteiger partial charge in [0.1, 0.15) is 0 Å². The molecule has 1 aromatic carbocycles. The molecule has 1 rings (SSSR count). The van der Waals surface area contributed by atoms with Crippen molar-refractivity contribution in [1.29, 1.82) is 0 Å². The van der Waals surface area contributed by atoms with Crippen molar-refractivity contribution in [3.63, 3.8) is 0 Å². The Hall–Kier alpha value is -0.980. The predicted octanol–water partition coefficient (Wildman–Crippen LogP) is 4.38. The molecule has 0 saturated heterocycles. The van der Waals surface area contributed by atoms with Crippen molar-refractivity contribution in [1.82, 2.24) is 0 Å². The van der Waals surface area contributed by atoms with Gasteiger partial charge >= 0.3 is 0 Å². The number of hydrogen-bond acceptors (Lipinski definition) is 1. The van der Waals surface area contributed by atoms with Crippen molar-refractivity contribution in [3.8, 4) is 5.75 Å². The molecule has 0 N–H and O–H groups in total. The van der Waals surface area contributed by atoms with Gasteiger partial charge < -0.3 is 5.11 Å². The van der Waals surface area contributed by atoms with E-state index in [-0.39, 0.29) is 5.75 Å². The van der Waals surface area contributed by atoms with Gasteiger partial charge in [0.2, 0.25) is 0 Å². The minimum atomic E-state index is 0.200. The van der Waals surface area contributed by atoms with Crippen molar-refractivity contribution in [2.45, 2.75) is 60.3 Å². The molecule has 18 heavy (non-hydrogen) atoms. The average Bonchev–Trinajstić information content (AvgIpc) is 2.32. The molecule has 0 radical (unpaired) electrons. The van der Waals surface area contributed by atoms with E-state index < -0.39 is 0 Å². The van der Waals surface area contributed by atoms with Crippen LogP contribution in [0.2, 0.25) is 0 Å². The summed E-state index contributed by atoms with van der Waals surface area (Å²) in [5, 5.41) is 11.7. The smallest absolute Gasteiger partial charge is 0.0253 e. The van der Waals surface area contributed by atoms with E-state index in [2.05, 4.69) is 32.9 Å². The molecule has 0 aromatic heterocycles. The van der Waals surface area contributed by atoms with Crippen molar-refractivity contribution >= 4 is 0 Å². The van der Waals surface area contributed by atoms with E-state index in [1.54, 1.807) is 0 Å². The van der Waals surface area contributed by atoms with Crippen LogP contribution >= 0.6 is 0 Å². The molecule has 1 aromatic rings. The van der Waals surface area contributed by atoms with Crippen LogP contribution in [-0.4, -0.2) is 0 Å². The second-order valence-corrected chi connectivity index (χ2v) is 5.96. The minimum Gasteiger partial charge on any atom is -0.872 e. The second kappa shape index (κ2) is 6.82. The molecule has 2 unspecified atom stereocenters. The topological polar surface area (TPSA) is 23.1 Å². The van der Waals surface area contributed by atoms with Gasteiger partial charge in [-0.15, -0.1) is 5.75 Å². The zero-order chi connectivity index (χ0) is 13.7. The molecule has 0 aliphatic carbocycles. The van der Waals surface area contributed by atoms with Gasteiger partial charge in [-0.3, -0.25) is 0 Å². The highest BCUT2D eigenvalue weighted by atomic mass is 16.3. The van der Waals surface area contributed by atoms with Crippen LogP contribution < -0.4 is 5.11 Å². The molecule has 0 fully saturated rings. The molecule has 0 saturated carbocycles. The highest BCUT2D eigenvalue weighted by Gasteiger charge is 2.07. The van der Waals surface area contributed by atoms with Crippen LogP contribution in [0, 0.1) is 25.7 Å². The summed E-state index contributed by atoms with van der Waals surface area (Å²) in [4.78, 5) is 0. The third-order valence-electron chi connectivity index (χ3n) is 3.95. The molecule has 0 spiro atoms. The van der Waals surface area contributed by atoms with Crippen LogP contribution in [0.25, 0.3) is 0 Å². The molecule has 0 bridgehead atoms. The van der Waals surface area contributed by atoms with Crippen molar-refractivity contribution < 1.29 is 5.11 Å². The summed E-state index contributed by atoms with van der Waals surface area (Å²) in [5.74, 6) is 1.74. The van der Waals surface area contributed by atoms with Gasteiger partial charge in [-0.25, -0.2) is 0 Å². The Kier molecular flexibility index (Phi) is 5.71. The SMILES string of the molecule is CCC(C)CCC(C)Cc1cc(C)c([O-])c(C)c1. The first-order valence-corrected chi connectivity index (χ1v) is 7.21. The Morgan fingerprint density at radius 1 is 1.00 bits per heavy atom. The lowest BCUT2D eigenvalue weighted by Crippen LogP contribution is -2.05. The highest BCUT2D eigenvalue weighted by molar-refractivity contribution is 5.41.